The van der Waals surface area contributed by atoms with Crippen molar-refractivity contribution in [1.29, 1.82) is 0 Å². The molecule has 2 aromatic rings. The van der Waals surface area contributed by atoms with Crippen molar-refractivity contribution in [3.63, 3.8) is 0 Å². The zero-order valence-corrected chi connectivity index (χ0v) is 11.1. The fourth-order valence-corrected chi connectivity index (χ4v) is 2.04. The Hall–Kier alpha value is -2.90. The van der Waals surface area contributed by atoms with E-state index in [1.54, 1.807) is 24.3 Å². The molecule has 1 aliphatic heterocycles. The SMILES string of the molecule is O=C1c2ccccc2C(=O)N1OCC#Cc1ccccc1. The van der Waals surface area contributed by atoms with Crippen molar-refractivity contribution >= 4 is 11.8 Å². The molecule has 0 unspecified atom stereocenters. The van der Waals surface area contributed by atoms with Crippen LogP contribution in [-0.2, 0) is 4.84 Å². The fourth-order valence-electron chi connectivity index (χ4n) is 2.04. The zero-order valence-electron chi connectivity index (χ0n) is 11.1. The normalized spacial score (nSPS) is 12.9. The molecule has 0 bridgehead atoms. The van der Waals surface area contributed by atoms with Gasteiger partial charge in [-0.1, -0.05) is 42.2 Å². The molecule has 0 N–H and O–H groups in total. The first-order valence-corrected chi connectivity index (χ1v) is 6.42. The minimum absolute atomic E-state index is 0.0274. The summed E-state index contributed by atoms with van der Waals surface area (Å²) in [7, 11) is 0. The Kier molecular flexibility index (Phi) is 3.50. The van der Waals surface area contributed by atoms with Crippen LogP contribution in [0.15, 0.2) is 54.6 Å². The van der Waals surface area contributed by atoms with Crippen molar-refractivity contribution in [2.75, 3.05) is 6.61 Å². The second-order valence-electron chi connectivity index (χ2n) is 4.39. The highest BCUT2D eigenvalue weighted by Crippen LogP contribution is 2.22. The van der Waals surface area contributed by atoms with E-state index < -0.39 is 11.8 Å². The Balaban J connectivity index is 1.67. The van der Waals surface area contributed by atoms with E-state index >= 15 is 0 Å². The van der Waals surface area contributed by atoms with Gasteiger partial charge >= 0.3 is 0 Å². The highest BCUT2D eigenvalue weighted by atomic mass is 16.7. The molecule has 0 fully saturated rings. The van der Waals surface area contributed by atoms with Crippen molar-refractivity contribution in [2.45, 2.75) is 0 Å². The van der Waals surface area contributed by atoms with Gasteiger partial charge in [0.1, 0.15) is 6.61 Å². The average molecular weight is 277 g/mol. The van der Waals surface area contributed by atoms with Gasteiger partial charge in [-0.2, -0.15) is 0 Å². The van der Waals surface area contributed by atoms with Crippen LogP contribution in [0.2, 0.25) is 0 Å². The number of fused-ring (bicyclic) bond motifs is 1. The number of amides is 2. The van der Waals surface area contributed by atoms with E-state index in [1.165, 1.54) is 0 Å². The Bertz CT molecular complexity index is 721. The van der Waals surface area contributed by atoms with Gasteiger partial charge in [-0.05, 0) is 24.3 Å². The van der Waals surface area contributed by atoms with E-state index in [1.807, 2.05) is 30.3 Å². The highest BCUT2D eigenvalue weighted by molar-refractivity contribution is 6.20. The molecule has 0 saturated heterocycles. The lowest BCUT2D eigenvalue weighted by atomic mass is 10.1. The van der Waals surface area contributed by atoms with E-state index in [9.17, 15) is 9.59 Å². The van der Waals surface area contributed by atoms with Gasteiger partial charge in [0.15, 0.2) is 0 Å². The lowest BCUT2D eigenvalue weighted by Gasteiger charge is -2.10. The minimum atomic E-state index is -0.447. The number of carbonyl (C=O) groups is 2. The average Bonchev–Trinajstić information content (AvgIpc) is 2.77. The third kappa shape index (κ3) is 2.55. The smallest absolute Gasteiger partial charge is 0.266 e. The van der Waals surface area contributed by atoms with E-state index in [0.717, 1.165) is 10.6 Å². The van der Waals surface area contributed by atoms with Gasteiger partial charge in [-0.25, -0.2) is 4.84 Å². The molecule has 0 radical (unpaired) electrons. The Morgan fingerprint density at radius 3 is 2.05 bits per heavy atom. The van der Waals surface area contributed by atoms with Gasteiger partial charge in [0.2, 0.25) is 0 Å². The first-order valence-electron chi connectivity index (χ1n) is 6.42. The fraction of sp³-hybridized carbons (Fsp3) is 0.0588. The summed E-state index contributed by atoms with van der Waals surface area (Å²) in [5.74, 6) is 4.78. The van der Waals surface area contributed by atoms with Gasteiger partial charge in [0, 0.05) is 5.56 Å². The number of nitrogens with zero attached hydrogens (tertiary/aromatic N) is 1. The molecule has 1 heterocycles. The summed E-state index contributed by atoms with van der Waals surface area (Å²) in [6.45, 7) is -0.0274. The molecular weight excluding hydrogens is 266 g/mol. The highest BCUT2D eigenvalue weighted by Gasteiger charge is 2.36. The van der Waals surface area contributed by atoms with E-state index in [0.29, 0.717) is 11.1 Å². The summed E-state index contributed by atoms with van der Waals surface area (Å²) in [5, 5.41) is 0.768. The maximum Gasteiger partial charge on any atom is 0.285 e. The monoisotopic (exact) mass is 277 g/mol. The predicted molar refractivity (Wildman–Crippen MR) is 76.2 cm³/mol. The number of carbonyl (C=O) groups excluding carboxylic acids is 2. The van der Waals surface area contributed by atoms with E-state index in [-0.39, 0.29) is 6.61 Å². The van der Waals surface area contributed by atoms with Crippen LogP contribution >= 0.6 is 0 Å². The molecule has 0 aliphatic carbocycles. The molecule has 102 valence electrons. The van der Waals surface area contributed by atoms with Gasteiger partial charge in [-0.3, -0.25) is 9.59 Å². The minimum Gasteiger partial charge on any atom is -0.266 e. The van der Waals surface area contributed by atoms with Crippen LogP contribution in [0.5, 0.6) is 0 Å². The maximum atomic E-state index is 12.0. The molecule has 4 heteroatoms. The molecule has 2 amide bonds. The molecule has 0 aromatic heterocycles. The number of hydroxylamine groups is 2. The Labute approximate surface area is 121 Å². The molecule has 3 rings (SSSR count). The summed E-state index contributed by atoms with van der Waals surface area (Å²) in [6.07, 6.45) is 0. The first kappa shape index (κ1) is 13.1. The van der Waals surface area contributed by atoms with Crippen LogP contribution in [-0.4, -0.2) is 23.5 Å². The summed E-state index contributed by atoms with van der Waals surface area (Å²) >= 11 is 0. The van der Waals surface area contributed by atoms with Crippen LogP contribution in [0.25, 0.3) is 0 Å². The van der Waals surface area contributed by atoms with Crippen LogP contribution in [0.1, 0.15) is 26.3 Å². The molecule has 4 nitrogen and oxygen atoms in total. The number of imide groups is 1. The lowest BCUT2D eigenvalue weighted by molar-refractivity contribution is -0.0782. The predicted octanol–water partition coefficient (Wildman–Crippen LogP) is 2.27. The quantitative estimate of drug-likeness (QED) is 0.625. The summed E-state index contributed by atoms with van der Waals surface area (Å²) < 4.78 is 0. The maximum absolute atomic E-state index is 12.0. The summed E-state index contributed by atoms with van der Waals surface area (Å²) in [6, 6.07) is 16.0. The van der Waals surface area contributed by atoms with Crippen molar-refractivity contribution in [1.82, 2.24) is 5.06 Å². The molecule has 0 saturated carbocycles. The van der Waals surface area contributed by atoms with Gasteiger partial charge in [-0.15, -0.1) is 5.06 Å². The summed E-state index contributed by atoms with van der Waals surface area (Å²) in [5.41, 5.74) is 1.57. The Morgan fingerprint density at radius 2 is 1.43 bits per heavy atom. The van der Waals surface area contributed by atoms with Crippen molar-refractivity contribution in [2.24, 2.45) is 0 Å². The molecule has 0 spiro atoms. The van der Waals surface area contributed by atoms with Crippen molar-refractivity contribution in [3.8, 4) is 11.8 Å². The third-order valence-electron chi connectivity index (χ3n) is 3.03. The van der Waals surface area contributed by atoms with Crippen LogP contribution < -0.4 is 0 Å². The van der Waals surface area contributed by atoms with Crippen LogP contribution in [0, 0.1) is 11.8 Å². The number of hydrogen-bond acceptors (Lipinski definition) is 3. The van der Waals surface area contributed by atoms with Crippen LogP contribution in [0.3, 0.4) is 0 Å². The largest absolute Gasteiger partial charge is 0.285 e. The zero-order chi connectivity index (χ0) is 14.7. The second kappa shape index (κ2) is 5.61. The first-order chi connectivity index (χ1) is 10.3. The molecule has 1 aliphatic rings. The molecule has 2 aromatic carbocycles. The van der Waals surface area contributed by atoms with Crippen molar-refractivity contribution < 1.29 is 14.4 Å². The number of rotatable bonds is 2. The lowest BCUT2D eigenvalue weighted by Crippen LogP contribution is -2.30. The van der Waals surface area contributed by atoms with Crippen LogP contribution in [0.4, 0.5) is 0 Å². The summed E-state index contributed by atoms with van der Waals surface area (Å²) in [4.78, 5) is 29.2. The van der Waals surface area contributed by atoms with Gasteiger partial charge in [0.05, 0.1) is 11.1 Å². The topological polar surface area (TPSA) is 46.6 Å². The van der Waals surface area contributed by atoms with Gasteiger partial charge in [0.25, 0.3) is 11.8 Å². The van der Waals surface area contributed by atoms with E-state index in [4.69, 9.17) is 4.84 Å². The molecule has 0 atom stereocenters. The molecule has 21 heavy (non-hydrogen) atoms. The van der Waals surface area contributed by atoms with E-state index in [2.05, 4.69) is 11.8 Å². The standard InChI is InChI=1S/C17H11NO3/c19-16-14-10-4-5-11-15(14)17(20)18(16)21-12-6-9-13-7-2-1-3-8-13/h1-5,7-8,10-11H,12H2. The Morgan fingerprint density at radius 1 is 0.857 bits per heavy atom. The number of benzene rings is 2. The third-order valence-corrected chi connectivity index (χ3v) is 3.03. The van der Waals surface area contributed by atoms with Gasteiger partial charge < -0.3 is 0 Å². The molecular formula is C17H11NO3. The second-order valence-corrected chi connectivity index (χ2v) is 4.39. The van der Waals surface area contributed by atoms with Crippen molar-refractivity contribution in [3.05, 3.63) is 71.3 Å². The number of hydrogen-bond donors (Lipinski definition) is 0.